The van der Waals surface area contributed by atoms with E-state index in [-0.39, 0.29) is 37.2 Å². The first-order valence-corrected chi connectivity index (χ1v) is 10.4. The lowest BCUT2D eigenvalue weighted by Crippen LogP contribution is -2.14. The third-order valence-corrected chi connectivity index (χ3v) is 4.52. The van der Waals surface area contributed by atoms with E-state index in [1.807, 2.05) is 0 Å². The highest BCUT2D eigenvalue weighted by Crippen LogP contribution is 2.33. The molecule has 0 aliphatic carbocycles. The molecule has 0 spiro atoms. The van der Waals surface area contributed by atoms with Crippen molar-refractivity contribution in [3.63, 3.8) is 0 Å². The Kier molecular flexibility index (Phi) is 11.2. The molecule has 0 heterocycles. The Morgan fingerprint density at radius 3 is 2.21 bits per heavy atom. The number of hydrogen-bond donors (Lipinski definition) is 0. The van der Waals surface area contributed by atoms with Crippen LogP contribution < -0.4 is 9.47 Å². The standard InChI is InChI=1S/C23H29NO10/c1-16-12-22(17(2)11-20(16)24(26)27)34-18-5-6-21(32-14-30-9-7-28-3)19(13-18)23(25)33-15-31-10-8-29-4/h5-6,11-13H,7-10,14-15H2,1-4H3. The first kappa shape index (κ1) is 27.0. The zero-order chi connectivity index (χ0) is 24.9. The summed E-state index contributed by atoms with van der Waals surface area (Å²) in [6.07, 6.45) is 0. The minimum Gasteiger partial charge on any atom is -0.467 e. The molecule has 2 aromatic carbocycles. The van der Waals surface area contributed by atoms with Gasteiger partial charge in [0.1, 0.15) is 22.8 Å². The predicted octanol–water partition coefficient (Wildman–Crippen LogP) is 3.78. The average Bonchev–Trinajstić information content (AvgIpc) is 2.81. The lowest BCUT2D eigenvalue weighted by Gasteiger charge is -2.15. The van der Waals surface area contributed by atoms with Crippen LogP contribution in [-0.4, -0.2) is 65.1 Å². The van der Waals surface area contributed by atoms with Crippen molar-refractivity contribution in [2.45, 2.75) is 13.8 Å². The van der Waals surface area contributed by atoms with E-state index in [0.717, 1.165) is 0 Å². The van der Waals surface area contributed by atoms with Crippen LogP contribution in [0, 0.1) is 24.0 Å². The van der Waals surface area contributed by atoms with E-state index in [1.54, 1.807) is 39.2 Å². The van der Waals surface area contributed by atoms with Crippen LogP contribution >= 0.6 is 0 Å². The Bertz CT molecular complexity index is 963. The highest BCUT2D eigenvalue weighted by atomic mass is 16.7. The van der Waals surface area contributed by atoms with Crippen molar-refractivity contribution in [1.29, 1.82) is 0 Å². The molecule has 0 aromatic heterocycles. The quantitative estimate of drug-likeness (QED) is 0.122. The molecular formula is C23H29NO10. The molecule has 2 aromatic rings. The summed E-state index contributed by atoms with van der Waals surface area (Å²) in [5, 5.41) is 11.2. The molecular weight excluding hydrogens is 450 g/mol. The summed E-state index contributed by atoms with van der Waals surface area (Å²) in [5.41, 5.74) is 1.12. The number of ether oxygens (including phenoxy) is 7. The zero-order valence-corrected chi connectivity index (χ0v) is 19.7. The monoisotopic (exact) mass is 479 g/mol. The maximum absolute atomic E-state index is 12.7. The van der Waals surface area contributed by atoms with Gasteiger partial charge in [-0.05, 0) is 43.7 Å². The number of aryl methyl sites for hydroxylation is 2. The summed E-state index contributed by atoms with van der Waals surface area (Å²) < 4.78 is 36.9. The molecule has 34 heavy (non-hydrogen) atoms. The molecule has 11 heteroatoms. The number of nitrogens with zero attached hydrogens (tertiary/aromatic N) is 1. The first-order valence-electron chi connectivity index (χ1n) is 10.4. The number of carbonyl (C=O) groups excluding carboxylic acids is 1. The van der Waals surface area contributed by atoms with E-state index in [9.17, 15) is 14.9 Å². The van der Waals surface area contributed by atoms with Crippen molar-refractivity contribution in [2.75, 3.05) is 54.2 Å². The van der Waals surface area contributed by atoms with Crippen molar-refractivity contribution < 1.29 is 42.9 Å². The molecule has 0 saturated heterocycles. The Hall–Kier alpha value is -3.25. The van der Waals surface area contributed by atoms with Gasteiger partial charge in [0.2, 0.25) is 0 Å². The fraction of sp³-hybridized carbons (Fsp3) is 0.435. The largest absolute Gasteiger partial charge is 0.467 e. The van der Waals surface area contributed by atoms with Crippen molar-refractivity contribution in [1.82, 2.24) is 0 Å². The van der Waals surface area contributed by atoms with E-state index in [1.165, 1.54) is 19.2 Å². The van der Waals surface area contributed by atoms with Crippen LogP contribution in [0.25, 0.3) is 0 Å². The van der Waals surface area contributed by atoms with Gasteiger partial charge in [-0.2, -0.15) is 0 Å². The summed E-state index contributed by atoms with van der Waals surface area (Å²) in [4.78, 5) is 23.4. The predicted molar refractivity (Wildman–Crippen MR) is 121 cm³/mol. The van der Waals surface area contributed by atoms with Gasteiger partial charge >= 0.3 is 5.97 Å². The second-order valence-corrected chi connectivity index (χ2v) is 7.04. The number of nitro groups is 1. The van der Waals surface area contributed by atoms with Gasteiger partial charge in [-0.15, -0.1) is 0 Å². The lowest BCUT2D eigenvalue weighted by molar-refractivity contribution is -0.385. The van der Waals surface area contributed by atoms with Crippen LogP contribution in [0.5, 0.6) is 17.2 Å². The molecule has 186 valence electrons. The van der Waals surface area contributed by atoms with Crippen molar-refractivity contribution in [3.8, 4) is 17.2 Å². The highest BCUT2D eigenvalue weighted by Gasteiger charge is 2.18. The number of methoxy groups -OCH3 is 2. The summed E-state index contributed by atoms with van der Waals surface area (Å²) in [5.74, 6) is 0.271. The minimum absolute atomic E-state index is 0.000175. The molecule has 0 aliphatic heterocycles. The van der Waals surface area contributed by atoms with Crippen molar-refractivity contribution in [3.05, 3.63) is 57.1 Å². The van der Waals surface area contributed by atoms with Crippen LogP contribution in [0.1, 0.15) is 21.5 Å². The van der Waals surface area contributed by atoms with E-state index in [4.69, 9.17) is 33.2 Å². The van der Waals surface area contributed by atoms with Crippen LogP contribution in [0.2, 0.25) is 0 Å². The topological polar surface area (TPSA) is 125 Å². The number of hydrogen-bond acceptors (Lipinski definition) is 10. The minimum atomic E-state index is -0.689. The van der Waals surface area contributed by atoms with Gasteiger partial charge in [0, 0.05) is 25.8 Å². The first-order chi connectivity index (χ1) is 16.4. The Balaban J connectivity index is 2.20. The Morgan fingerprint density at radius 1 is 0.882 bits per heavy atom. The van der Waals surface area contributed by atoms with Crippen LogP contribution in [-0.2, 0) is 23.7 Å². The summed E-state index contributed by atoms with van der Waals surface area (Å²) in [7, 11) is 3.09. The van der Waals surface area contributed by atoms with Gasteiger partial charge in [0.05, 0.1) is 31.4 Å². The fourth-order valence-corrected chi connectivity index (χ4v) is 2.75. The SMILES string of the molecule is COCCOCOC(=O)c1cc(Oc2cc(C)c([N+](=O)[O-])cc2C)ccc1OCOCCOC. The maximum atomic E-state index is 12.7. The molecule has 0 amide bonds. The van der Waals surface area contributed by atoms with Gasteiger partial charge in [-0.1, -0.05) is 0 Å². The molecule has 0 unspecified atom stereocenters. The fourth-order valence-electron chi connectivity index (χ4n) is 2.75. The van der Waals surface area contributed by atoms with Gasteiger partial charge in [-0.3, -0.25) is 10.1 Å². The number of rotatable bonds is 15. The average molecular weight is 479 g/mol. The van der Waals surface area contributed by atoms with E-state index < -0.39 is 10.9 Å². The van der Waals surface area contributed by atoms with E-state index in [2.05, 4.69) is 0 Å². The van der Waals surface area contributed by atoms with Crippen LogP contribution in [0.3, 0.4) is 0 Å². The van der Waals surface area contributed by atoms with Crippen molar-refractivity contribution >= 4 is 11.7 Å². The lowest BCUT2D eigenvalue weighted by atomic mass is 10.1. The van der Waals surface area contributed by atoms with Crippen molar-refractivity contribution in [2.24, 2.45) is 0 Å². The highest BCUT2D eigenvalue weighted by molar-refractivity contribution is 5.93. The van der Waals surface area contributed by atoms with Gasteiger partial charge in [-0.25, -0.2) is 4.79 Å². The van der Waals surface area contributed by atoms with E-state index >= 15 is 0 Å². The molecule has 0 N–H and O–H groups in total. The molecule has 0 saturated carbocycles. The zero-order valence-electron chi connectivity index (χ0n) is 19.7. The number of nitro benzene ring substituents is 1. The molecule has 0 bridgehead atoms. The third-order valence-electron chi connectivity index (χ3n) is 4.52. The maximum Gasteiger partial charge on any atom is 0.344 e. The number of benzene rings is 2. The second kappa shape index (κ2) is 14.1. The summed E-state index contributed by atoms with van der Waals surface area (Å²) in [6, 6.07) is 7.62. The van der Waals surface area contributed by atoms with Gasteiger partial charge < -0.3 is 33.2 Å². The van der Waals surface area contributed by atoms with Crippen LogP contribution in [0.15, 0.2) is 30.3 Å². The van der Waals surface area contributed by atoms with E-state index in [0.29, 0.717) is 42.4 Å². The summed E-state index contributed by atoms with van der Waals surface area (Å²) >= 11 is 0. The molecule has 0 fully saturated rings. The third kappa shape index (κ3) is 8.27. The number of carbonyl (C=O) groups is 1. The molecule has 0 radical (unpaired) electrons. The number of esters is 1. The summed E-state index contributed by atoms with van der Waals surface area (Å²) in [6.45, 7) is 4.30. The van der Waals surface area contributed by atoms with Crippen LogP contribution in [0.4, 0.5) is 5.69 Å². The molecule has 0 atom stereocenters. The molecule has 11 nitrogen and oxygen atoms in total. The normalized spacial score (nSPS) is 10.7. The molecule has 2 rings (SSSR count). The Morgan fingerprint density at radius 2 is 1.56 bits per heavy atom. The Labute approximate surface area is 197 Å². The molecule has 0 aliphatic rings. The second-order valence-electron chi connectivity index (χ2n) is 7.04. The van der Waals surface area contributed by atoms with Gasteiger partial charge in [0.25, 0.3) is 5.69 Å². The van der Waals surface area contributed by atoms with Gasteiger partial charge in [0.15, 0.2) is 13.6 Å². The smallest absolute Gasteiger partial charge is 0.344 e.